The van der Waals surface area contributed by atoms with E-state index in [0.717, 1.165) is 18.6 Å². The van der Waals surface area contributed by atoms with Gasteiger partial charge in [0, 0.05) is 29.8 Å². The van der Waals surface area contributed by atoms with Crippen molar-refractivity contribution in [3.63, 3.8) is 0 Å². The summed E-state index contributed by atoms with van der Waals surface area (Å²) >= 11 is 5.91. The summed E-state index contributed by atoms with van der Waals surface area (Å²) in [6.07, 6.45) is -0.0216. The second-order valence-corrected chi connectivity index (χ2v) is 6.62. The Hall–Kier alpha value is -3.26. The quantitative estimate of drug-likeness (QED) is 0.293. The van der Waals surface area contributed by atoms with Crippen molar-refractivity contribution in [3.8, 4) is 0 Å². The van der Waals surface area contributed by atoms with Crippen molar-refractivity contribution in [1.29, 1.82) is 0 Å². The number of nitrogens with zero attached hydrogens (tertiary/aromatic N) is 1. The SMILES string of the molecule is CCCC(=O)Nc1ccc(C(=O)C(C)OC(=O)c2cc([N+](=O)[O-])ccc2Cl)cc1. The lowest BCUT2D eigenvalue weighted by Gasteiger charge is -2.13. The van der Waals surface area contributed by atoms with Crippen LogP contribution in [0.4, 0.5) is 11.4 Å². The monoisotopic (exact) mass is 418 g/mol. The van der Waals surface area contributed by atoms with E-state index in [-0.39, 0.29) is 27.7 Å². The molecular weight excluding hydrogens is 400 g/mol. The molecule has 1 amide bonds. The van der Waals surface area contributed by atoms with Gasteiger partial charge >= 0.3 is 5.97 Å². The Bertz CT molecular complexity index is 942. The fourth-order valence-corrected chi connectivity index (χ4v) is 2.66. The summed E-state index contributed by atoms with van der Waals surface area (Å²) in [5.74, 6) is -1.53. The average molecular weight is 419 g/mol. The first-order chi connectivity index (χ1) is 13.7. The van der Waals surface area contributed by atoms with Crippen LogP contribution in [0, 0.1) is 10.1 Å². The Morgan fingerprint density at radius 2 is 1.83 bits per heavy atom. The minimum atomic E-state index is -1.14. The number of ketones is 1. The molecule has 0 fully saturated rings. The minimum absolute atomic E-state index is 0.0209. The molecule has 0 heterocycles. The fourth-order valence-electron chi connectivity index (χ4n) is 2.46. The van der Waals surface area contributed by atoms with Crippen molar-refractivity contribution >= 4 is 40.6 Å². The largest absolute Gasteiger partial charge is 0.451 e. The fraction of sp³-hybridized carbons (Fsp3) is 0.250. The molecule has 0 aliphatic carbocycles. The predicted molar refractivity (Wildman–Crippen MR) is 107 cm³/mol. The van der Waals surface area contributed by atoms with Gasteiger partial charge in [-0.25, -0.2) is 4.79 Å². The topological polar surface area (TPSA) is 116 Å². The minimum Gasteiger partial charge on any atom is -0.451 e. The number of ether oxygens (including phenoxy) is 1. The number of carbonyl (C=O) groups is 3. The van der Waals surface area contributed by atoms with Gasteiger partial charge in [-0.05, 0) is 43.7 Å². The van der Waals surface area contributed by atoms with Crippen molar-refractivity contribution in [2.45, 2.75) is 32.8 Å². The molecule has 2 aromatic carbocycles. The normalized spacial score (nSPS) is 11.4. The Morgan fingerprint density at radius 3 is 2.41 bits per heavy atom. The van der Waals surface area contributed by atoms with E-state index in [4.69, 9.17) is 16.3 Å². The average Bonchev–Trinajstić information content (AvgIpc) is 2.68. The molecule has 8 nitrogen and oxygen atoms in total. The van der Waals surface area contributed by atoms with Gasteiger partial charge in [-0.1, -0.05) is 18.5 Å². The van der Waals surface area contributed by atoms with Crippen LogP contribution in [-0.4, -0.2) is 28.7 Å². The van der Waals surface area contributed by atoms with Crippen LogP contribution < -0.4 is 5.32 Å². The molecule has 1 unspecified atom stereocenters. The molecule has 152 valence electrons. The number of Topliss-reactive ketones (excluding diaryl/α,β-unsaturated/α-hetero) is 1. The highest BCUT2D eigenvalue weighted by Crippen LogP contribution is 2.23. The molecule has 0 bridgehead atoms. The van der Waals surface area contributed by atoms with Gasteiger partial charge in [0.1, 0.15) is 0 Å². The predicted octanol–water partition coefficient (Wildman–Crippen LogP) is 4.42. The van der Waals surface area contributed by atoms with Gasteiger partial charge in [0.05, 0.1) is 15.5 Å². The maximum atomic E-state index is 12.5. The molecule has 1 atom stereocenters. The summed E-state index contributed by atoms with van der Waals surface area (Å²) in [5.41, 5.74) is 0.312. The van der Waals surface area contributed by atoms with Crippen LogP contribution in [0.25, 0.3) is 0 Å². The number of benzene rings is 2. The smallest absolute Gasteiger partial charge is 0.340 e. The number of hydrogen-bond donors (Lipinski definition) is 1. The summed E-state index contributed by atoms with van der Waals surface area (Å²) in [5, 5.41) is 13.5. The number of nitrogens with one attached hydrogen (secondary N) is 1. The number of esters is 1. The third kappa shape index (κ3) is 5.86. The molecule has 29 heavy (non-hydrogen) atoms. The zero-order valence-electron chi connectivity index (χ0n) is 15.8. The van der Waals surface area contributed by atoms with Crippen molar-refractivity contribution in [2.75, 3.05) is 5.32 Å². The van der Waals surface area contributed by atoms with Gasteiger partial charge < -0.3 is 10.1 Å². The lowest BCUT2D eigenvalue weighted by molar-refractivity contribution is -0.384. The molecule has 0 aliphatic rings. The zero-order chi connectivity index (χ0) is 21.6. The third-order valence-electron chi connectivity index (χ3n) is 3.96. The Labute approximate surface area is 172 Å². The standard InChI is InChI=1S/C20H19ClN2O6/c1-3-4-18(24)22-14-7-5-13(6-8-14)19(25)12(2)29-20(26)16-11-15(23(27)28)9-10-17(16)21/h5-12H,3-4H2,1-2H3,(H,22,24). The highest BCUT2D eigenvalue weighted by molar-refractivity contribution is 6.33. The van der Waals surface area contributed by atoms with Gasteiger partial charge in [-0.2, -0.15) is 0 Å². The summed E-state index contributed by atoms with van der Waals surface area (Å²) in [4.78, 5) is 46.6. The molecule has 2 aromatic rings. The molecule has 9 heteroatoms. The van der Waals surface area contributed by atoms with Crippen LogP contribution in [0.2, 0.25) is 5.02 Å². The Morgan fingerprint density at radius 1 is 1.17 bits per heavy atom. The van der Waals surface area contributed by atoms with Crippen molar-refractivity contribution in [3.05, 3.63) is 68.7 Å². The molecule has 0 radical (unpaired) electrons. The van der Waals surface area contributed by atoms with Gasteiger partial charge in [0.15, 0.2) is 6.10 Å². The number of hydrogen-bond acceptors (Lipinski definition) is 6. The van der Waals surface area contributed by atoms with Crippen LogP contribution in [0.5, 0.6) is 0 Å². The van der Waals surface area contributed by atoms with Crippen LogP contribution in [-0.2, 0) is 9.53 Å². The van der Waals surface area contributed by atoms with Gasteiger partial charge in [-0.3, -0.25) is 19.7 Å². The van der Waals surface area contributed by atoms with Crippen molar-refractivity contribution < 1.29 is 24.0 Å². The molecule has 0 spiro atoms. The van der Waals surface area contributed by atoms with Crippen LogP contribution in [0.1, 0.15) is 47.4 Å². The van der Waals surface area contributed by atoms with E-state index >= 15 is 0 Å². The van der Waals surface area contributed by atoms with Crippen LogP contribution in [0.3, 0.4) is 0 Å². The first-order valence-electron chi connectivity index (χ1n) is 8.82. The maximum absolute atomic E-state index is 12.5. The van der Waals surface area contributed by atoms with Gasteiger partial charge in [0.2, 0.25) is 11.7 Å². The Balaban J connectivity index is 2.07. The van der Waals surface area contributed by atoms with E-state index in [1.54, 1.807) is 12.1 Å². The number of nitro groups is 1. The summed E-state index contributed by atoms with van der Waals surface area (Å²) < 4.78 is 5.13. The summed E-state index contributed by atoms with van der Waals surface area (Å²) in [6.45, 7) is 3.28. The number of amides is 1. The Kier molecular flexibility index (Phi) is 7.44. The third-order valence-corrected chi connectivity index (χ3v) is 4.29. The second kappa shape index (κ2) is 9.79. The zero-order valence-corrected chi connectivity index (χ0v) is 16.6. The van der Waals surface area contributed by atoms with E-state index in [1.165, 1.54) is 25.1 Å². The van der Waals surface area contributed by atoms with E-state index in [9.17, 15) is 24.5 Å². The van der Waals surface area contributed by atoms with Crippen molar-refractivity contribution in [1.82, 2.24) is 0 Å². The summed E-state index contributed by atoms with van der Waals surface area (Å²) in [7, 11) is 0. The van der Waals surface area contributed by atoms with Crippen molar-refractivity contribution in [2.24, 2.45) is 0 Å². The number of carbonyl (C=O) groups excluding carboxylic acids is 3. The molecule has 0 saturated heterocycles. The highest BCUT2D eigenvalue weighted by Gasteiger charge is 2.23. The van der Waals surface area contributed by atoms with E-state index < -0.39 is 22.8 Å². The molecule has 1 N–H and O–H groups in total. The van der Waals surface area contributed by atoms with Gasteiger partial charge in [-0.15, -0.1) is 0 Å². The molecule has 0 saturated carbocycles. The van der Waals surface area contributed by atoms with Crippen LogP contribution in [0.15, 0.2) is 42.5 Å². The lowest BCUT2D eigenvalue weighted by Crippen LogP contribution is -2.24. The molecular formula is C20H19ClN2O6. The molecule has 0 aromatic heterocycles. The van der Waals surface area contributed by atoms with Crippen LogP contribution >= 0.6 is 11.6 Å². The lowest BCUT2D eigenvalue weighted by atomic mass is 10.1. The van der Waals surface area contributed by atoms with E-state index in [1.807, 2.05) is 6.92 Å². The number of halogens is 1. The van der Waals surface area contributed by atoms with Gasteiger partial charge in [0.25, 0.3) is 5.69 Å². The summed E-state index contributed by atoms with van der Waals surface area (Å²) in [6, 6.07) is 9.54. The first-order valence-corrected chi connectivity index (χ1v) is 9.19. The maximum Gasteiger partial charge on any atom is 0.340 e. The second-order valence-electron chi connectivity index (χ2n) is 6.21. The molecule has 2 rings (SSSR count). The molecule has 0 aliphatic heterocycles. The number of nitro benzene ring substituents is 1. The number of rotatable bonds is 8. The van der Waals surface area contributed by atoms with E-state index in [0.29, 0.717) is 12.1 Å². The number of non-ortho nitro benzene ring substituents is 1. The number of anilines is 1. The van der Waals surface area contributed by atoms with E-state index in [2.05, 4.69) is 5.32 Å². The first kappa shape index (κ1) is 22.0. The highest BCUT2D eigenvalue weighted by atomic mass is 35.5.